The summed E-state index contributed by atoms with van der Waals surface area (Å²) in [5.41, 5.74) is 4.37. The number of aromatic nitrogens is 2. The molecular weight excluding hydrogens is 326 g/mol. The fourth-order valence-electron chi connectivity index (χ4n) is 2.48. The Morgan fingerprint density at radius 2 is 1.69 bits per heavy atom. The average molecular weight is 343 g/mol. The zero-order chi connectivity index (χ0) is 18.5. The fourth-order valence-corrected chi connectivity index (χ4v) is 2.48. The number of hydrogen-bond acceptors (Lipinski definition) is 5. The molecular formula is C20H17N5O. The van der Waals surface area contributed by atoms with Gasteiger partial charge in [-0.2, -0.15) is 5.26 Å². The van der Waals surface area contributed by atoms with Crippen molar-refractivity contribution in [3.8, 4) is 6.07 Å². The molecule has 1 amide bonds. The van der Waals surface area contributed by atoms with Gasteiger partial charge in [0.05, 0.1) is 24.0 Å². The molecule has 3 aromatic rings. The third-order valence-electron chi connectivity index (χ3n) is 3.89. The minimum Gasteiger partial charge on any atom is -0.339 e. The minimum atomic E-state index is -0.306. The second-order valence-electron chi connectivity index (χ2n) is 5.82. The molecule has 6 nitrogen and oxygen atoms in total. The number of para-hydroxylation sites is 1. The number of anilines is 3. The van der Waals surface area contributed by atoms with Crippen LogP contribution in [0.4, 0.5) is 17.2 Å². The SMILES string of the molecule is Cc1cccc(C)c1NC(=O)c1cnc(Nc2ccc(C#N)cc2)cn1. The number of hydrogen-bond donors (Lipinski definition) is 2. The highest BCUT2D eigenvalue weighted by Gasteiger charge is 2.11. The molecule has 1 aromatic heterocycles. The van der Waals surface area contributed by atoms with Gasteiger partial charge < -0.3 is 10.6 Å². The van der Waals surface area contributed by atoms with E-state index in [9.17, 15) is 4.79 Å². The maximum atomic E-state index is 12.4. The summed E-state index contributed by atoms with van der Waals surface area (Å²) in [5, 5.41) is 14.8. The van der Waals surface area contributed by atoms with E-state index in [-0.39, 0.29) is 11.6 Å². The van der Waals surface area contributed by atoms with Gasteiger partial charge in [0.25, 0.3) is 5.91 Å². The van der Waals surface area contributed by atoms with E-state index in [1.807, 2.05) is 32.0 Å². The van der Waals surface area contributed by atoms with Crippen LogP contribution in [0.25, 0.3) is 0 Å². The van der Waals surface area contributed by atoms with Crippen molar-refractivity contribution in [2.24, 2.45) is 0 Å². The van der Waals surface area contributed by atoms with Gasteiger partial charge in [0.2, 0.25) is 0 Å². The topological polar surface area (TPSA) is 90.7 Å². The Hall–Kier alpha value is -3.72. The molecule has 1 heterocycles. The summed E-state index contributed by atoms with van der Waals surface area (Å²) in [7, 11) is 0. The minimum absolute atomic E-state index is 0.234. The molecule has 0 aliphatic heterocycles. The number of aryl methyl sites for hydroxylation is 2. The van der Waals surface area contributed by atoms with Gasteiger partial charge in [-0.05, 0) is 49.2 Å². The molecule has 0 aliphatic rings. The van der Waals surface area contributed by atoms with Crippen LogP contribution in [0.5, 0.6) is 0 Å². The monoisotopic (exact) mass is 343 g/mol. The molecule has 0 saturated heterocycles. The molecule has 26 heavy (non-hydrogen) atoms. The van der Waals surface area contributed by atoms with Gasteiger partial charge in [0.15, 0.2) is 0 Å². The van der Waals surface area contributed by atoms with Gasteiger partial charge in [-0.25, -0.2) is 9.97 Å². The summed E-state index contributed by atoms with van der Waals surface area (Å²) < 4.78 is 0. The van der Waals surface area contributed by atoms with Gasteiger partial charge in [0, 0.05) is 11.4 Å². The Kier molecular flexibility index (Phi) is 4.90. The molecule has 0 atom stereocenters. The summed E-state index contributed by atoms with van der Waals surface area (Å²) in [5.74, 6) is 0.207. The lowest BCUT2D eigenvalue weighted by Crippen LogP contribution is -2.15. The van der Waals surface area contributed by atoms with Crippen molar-refractivity contribution in [3.05, 3.63) is 77.2 Å². The smallest absolute Gasteiger partial charge is 0.275 e. The molecule has 0 aliphatic carbocycles. The lowest BCUT2D eigenvalue weighted by atomic mass is 10.1. The van der Waals surface area contributed by atoms with Crippen molar-refractivity contribution in [2.75, 3.05) is 10.6 Å². The van der Waals surface area contributed by atoms with Crippen LogP contribution in [-0.4, -0.2) is 15.9 Å². The standard InChI is InChI=1S/C20H17N5O/c1-13-4-3-5-14(2)19(13)25-20(26)17-11-23-18(12-22-17)24-16-8-6-15(10-21)7-9-16/h3-9,11-12H,1-2H3,(H,23,24)(H,25,26). The lowest BCUT2D eigenvalue weighted by molar-refractivity contribution is 0.102. The summed E-state index contributed by atoms with van der Waals surface area (Å²) in [6.07, 6.45) is 2.92. The van der Waals surface area contributed by atoms with Crippen LogP contribution >= 0.6 is 0 Å². The van der Waals surface area contributed by atoms with E-state index in [1.165, 1.54) is 12.4 Å². The predicted molar refractivity (Wildman–Crippen MR) is 100 cm³/mol. The van der Waals surface area contributed by atoms with E-state index >= 15 is 0 Å². The highest BCUT2D eigenvalue weighted by atomic mass is 16.1. The van der Waals surface area contributed by atoms with Gasteiger partial charge >= 0.3 is 0 Å². The number of nitrogens with one attached hydrogen (secondary N) is 2. The van der Waals surface area contributed by atoms with Crippen LogP contribution in [0.15, 0.2) is 54.9 Å². The molecule has 3 rings (SSSR count). The highest BCUT2D eigenvalue weighted by Crippen LogP contribution is 2.20. The lowest BCUT2D eigenvalue weighted by Gasteiger charge is -2.11. The van der Waals surface area contributed by atoms with Gasteiger partial charge in [-0.15, -0.1) is 0 Å². The zero-order valence-corrected chi connectivity index (χ0v) is 14.4. The first-order valence-electron chi connectivity index (χ1n) is 8.03. The summed E-state index contributed by atoms with van der Waals surface area (Å²) >= 11 is 0. The number of amides is 1. The third-order valence-corrected chi connectivity index (χ3v) is 3.89. The molecule has 0 radical (unpaired) electrons. The van der Waals surface area contributed by atoms with Gasteiger partial charge in [-0.3, -0.25) is 4.79 Å². The number of nitrogens with zero attached hydrogens (tertiary/aromatic N) is 3. The van der Waals surface area contributed by atoms with E-state index < -0.39 is 0 Å². The highest BCUT2D eigenvalue weighted by molar-refractivity contribution is 6.03. The van der Waals surface area contributed by atoms with E-state index in [0.717, 1.165) is 22.5 Å². The Balaban J connectivity index is 1.70. The van der Waals surface area contributed by atoms with E-state index in [1.54, 1.807) is 24.3 Å². The maximum absolute atomic E-state index is 12.4. The largest absolute Gasteiger partial charge is 0.339 e. The maximum Gasteiger partial charge on any atom is 0.275 e. The molecule has 0 bridgehead atoms. The first-order chi connectivity index (χ1) is 12.6. The van der Waals surface area contributed by atoms with Crippen LogP contribution in [0, 0.1) is 25.2 Å². The van der Waals surface area contributed by atoms with E-state index in [2.05, 4.69) is 26.7 Å². The first kappa shape index (κ1) is 17.1. The average Bonchev–Trinajstić information content (AvgIpc) is 2.66. The van der Waals surface area contributed by atoms with Crippen LogP contribution in [-0.2, 0) is 0 Å². The predicted octanol–water partition coefficient (Wildman–Crippen LogP) is 3.96. The van der Waals surface area contributed by atoms with E-state index in [4.69, 9.17) is 5.26 Å². The molecule has 2 N–H and O–H groups in total. The van der Waals surface area contributed by atoms with Crippen LogP contribution < -0.4 is 10.6 Å². The number of carbonyl (C=O) groups is 1. The van der Waals surface area contributed by atoms with Crippen molar-refractivity contribution >= 4 is 23.1 Å². The summed E-state index contributed by atoms with van der Waals surface area (Å²) in [6, 6.07) is 14.9. The Morgan fingerprint density at radius 3 is 2.27 bits per heavy atom. The van der Waals surface area contributed by atoms with Crippen molar-refractivity contribution < 1.29 is 4.79 Å². The summed E-state index contributed by atoms with van der Waals surface area (Å²) in [4.78, 5) is 20.8. The Morgan fingerprint density at radius 1 is 1.00 bits per heavy atom. The second-order valence-corrected chi connectivity index (χ2v) is 5.82. The fraction of sp³-hybridized carbons (Fsp3) is 0.100. The zero-order valence-electron chi connectivity index (χ0n) is 14.4. The molecule has 0 fully saturated rings. The van der Waals surface area contributed by atoms with Gasteiger partial charge in [0.1, 0.15) is 11.5 Å². The van der Waals surface area contributed by atoms with Crippen molar-refractivity contribution in [3.63, 3.8) is 0 Å². The third kappa shape index (κ3) is 3.84. The Labute approximate surface area is 151 Å². The molecule has 0 spiro atoms. The van der Waals surface area contributed by atoms with Crippen LogP contribution in [0.1, 0.15) is 27.2 Å². The normalized spacial score (nSPS) is 10.0. The number of carbonyl (C=O) groups excluding carboxylic acids is 1. The van der Waals surface area contributed by atoms with Crippen LogP contribution in [0.2, 0.25) is 0 Å². The summed E-state index contributed by atoms with van der Waals surface area (Å²) in [6.45, 7) is 3.89. The van der Waals surface area contributed by atoms with Crippen molar-refractivity contribution in [1.82, 2.24) is 9.97 Å². The number of nitriles is 1. The first-order valence-corrected chi connectivity index (χ1v) is 8.03. The molecule has 128 valence electrons. The molecule has 0 unspecified atom stereocenters. The van der Waals surface area contributed by atoms with E-state index in [0.29, 0.717) is 11.4 Å². The molecule has 0 saturated carbocycles. The quantitative estimate of drug-likeness (QED) is 0.748. The molecule has 2 aromatic carbocycles. The van der Waals surface area contributed by atoms with Gasteiger partial charge in [-0.1, -0.05) is 18.2 Å². The van der Waals surface area contributed by atoms with Crippen molar-refractivity contribution in [1.29, 1.82) is 5.26 Å². The van der Waals surface area contributed by atoms with Crippen LogP contribution in [0.3, 0.4) is 0 Å². The number of benzene rings is 2. The second kappa shape index (κ2) is 7.45. The van der Waals surface area contributed by atoms with Crippen molar-refractivity contribution in [2.45, 2.75) is 13.8 Å². The molecule has 6 heteroatoms. The number of rotatable bonds is 4. The Bertz CT molecular complexity index is 952.